The summed E-state index contributed by atoms with van der Waals surface area (Å²) in [5.74, 6) is -1.37. The van der Waals surface area contributed by atoms with E-state index in [0.717, 1.165) is 0 Å². The molecular formula is C6H10FNO2. The van der Waals surface area contributed by atoms with Crippen molar-refractivity contribution in [2.45, 2.75) is 31.0 Å². The van der Waals surface area contributed by atoms with Crippen LogP contribution < -0.4 is 5.73 Å². The molecule has 0 saturated heterocycles. The van der Waals surface area contributed by atoms with Crippen LogP contribution in [0.3, 0.4) is 0 Å². The summed E-state index contributed by atoms with van der Waals surface area (Å²) in [5, 5.41) is 8.36. The Balaban J connectivity index is 2.63. The molecule has 0 radical (unpaired) electrons. The normalized spacial score (nSPS) is 40.0. The Labute approximate surface area is 58.0 Å². The topological polar surface area (TPSA) is 63.3 Å². The van der Waals surface area contributed by atoms with Gasteiger partial charge in [0.15, 0.2) is 0 Å². The van der Waals surface area contributed by atoms with Gasteiger partial charge in [-0.2, -0.15) is 0 Å². The first-order valence-electron chi connectivity index (χ1n) is 3.22. The lowest BCUT2D eigenvalue weighted by atomic mass is 10.1. The summed E-state index contributed by atoms with van der Waals surface area (Å²) in [6.07, 6.45) is 0.495. The summed E-state index contributed by atoms with van der Waals surface area (Å²) in [4.78, 5) is 10.2. The number of nitrogens with two attached hydrogens (primary N) is 1. The van der Waals surface area contributed by atoms with Crippen molar-refractivity contribution in [1.82, 2.24) is 0 Å². The Kier molecular flexibility index (Phi) is 1.64. The van der Waals surface area contributed by atoms with Crippen LogP contribution in [0.2, 0.25) is 0 Å². The molecule has 1 rings (SSSR count). The van der Waals surface area contributed by atoms with E-state index >= 15 is 0 Å². The lowest BCUT2D eigenvalue weighted by molar-refractivity contribution is -0.150. The second-order valence-electron chi connectivity index (χ2n) is 2.77. The third-order valence-electron chi connectivity index (χ3n) is 1.88. The predicted octanol–water partition coefficient (Wildman–Crippen LogP) is 0.290. The molecule has 1 aliphatic rings. The molecule has 0 heterocycles. The molecule has 0 amide bonds. The number of alkyl halides is 1. The molecule has 3 nitrogen and oxygen atoms in total. The summed E-state index contributed by atoms with van der Waals surface area (Å²) in [6, 6.07) is -0.277. The first-order valence-corrected chi connectivity index (χ1v) is 3.22. The van der Waals surface area contributed by atoms with Gasteiger partial charge in [0.05, 0.1) is 0 Å². The van der Waals surface area contributed by atoms with E-state index in [-0.39, 0.29) is 18.9 Å². The van der Waals surface area contributed by atoms with Gasteiger partial charge in [-0.05, 0) is 12.8 Å². The number of carboxylic acid groups (broad SMARTS) is 1. The fraction of sp³-hybridized carbons (Fsp3) is 0.833. The first-order chi connectivity index (χ1) is 4.54. The van der Waals surface area contributed by atoms with Gasteiger partial charge in [-0.1, -0.05) is 0 Å². The van der Waals surface area contributed by atoms with E-state index in [1.165, 1.54) is 0 Å². The molecule has 0 bridgehead atoms. The van der Waals surface area contributed by atoms with Gasteiger partial charge in [-0.3, -0.25) is 0 Å². The van der Waals surface area contributed by atoms with Gasteiger partial charge >= 0.3 is 5.97 Å². The van der Waals surface area contributed by atoms with Gasteiger partial charge in [0.25, 0.3) is 0 Å². The third kappa shape index (κ3) is 1.11. The fourth-order valence-corrected chi connectivity index (χ4v) is 1.23. The average Bonchev–Trinajstić information content (AvgIpc) is 2.13. The lowest BCUT2D eigenvalue weighted by Crippen LogP contribution is -2.32. The maximum absolute atomic E-state index is 13.0. The van der Waals surface area contributed by atoms with Crippen LogP contribution in [0.1, 0.15) is 19.3 Å². The summed E-state index contributed by atoms with van der Waals surface area (Å²) in [5.41, 5.74) is 3.30. The molecular weight excluding hydrogens is 137 g/mol. The predicted molar refractivity (Wildman–Crippen MR) is 33.3 cm³/mol. The summed E-state index contributed by atoms with van der Waals surface area (Å²) < 4.78 is 13.0. The number of aliphatic carboxylic acids is 1. The molecule has 0 unspecified atom stereocenters. The number of carbonyl (C=O) groups is 1. The van der Waals surface area contributed by atoms with E-state index in [9.17, 15) is 9.18 Å². The van der Waals surface area contributed by atoms with Crippen molar-refractivity contribution in [3.63, 3.8) is 0 Å². The molecule has 4 heteroatoms. The summed E-state index contributed by atoms with van der Waals surface area (Å²) in [6.45, 7) is 0. The van der Waals surface area contributed by atoms with Crippen molar-refractivity contribution in [2.24, 2.45) is 5.73 Å². The summed E-state index contributed by atoms with van der Waals surface area (Å²) in [7, 11) is 0. The van der Waals surface area contributed by atoms with Crippen LogP contribution in [-0.2, 0) is 4.79 Å². The van der Waals surface area contributed by atoms with Gasteiger partial charge in [0.1, 0.15) is 0 Å². The lowest BCUT2D eigenvalue weighted by Gasteiger charge is -2.11. The van der Waals surface area contributed by atoms with E-state index in [4.69, 9.17) is 10.8 Å². The number of hydrogen-bond donors (Lipinski definition) is 2. The number of rotatable bonds is 1. The highest BCUT2D eigenvalue weighted by atomic mass is 19.1. The minimum atomic E-state index is -2.04. The molecule has 0 aromatic heterocycles. The maximum atomic E-state index is 13.0. The van der Waals surface area contributed by atoms with Gasteiger partial charge in [0, 0.05) is 12.5 Å². The highest BCUT2D eigenvalue weighted by Crippen LogP contribution is 2.32. The van der Waals surface area contributed by atoms with Gasteiger partial charge in [-0.25, -0.2) is 9.18 Å². The Hall–Kier alpha value is -0.640. The van der Waals surface area contributed by atoms with Crippen molar-refractivity contribution < 1.29 is 14.3 Å². The van der Waals surface area contributed by atoms with Crippen molar-refractivity contribution >= 4 is 5.97 Å². The second-order valence-corrected chi connectivity index (χ2v) is 2.77. The maximum Gasteiger partial charge on any atom is 0.341 e. The molecule has 58 valence electrons. The third-order valence-corrected chi connectivity index (χ3v) is 1.88. The molecule has 2 atom stereocenters. The standard InChI is InChI=1S/C6H10FNO2/c7-6(5(9)10)2-1-4(8)3-6/h4H,1-3,8H2,(H,9,10)/t4-,6-/m1/s1. The van der Waals surface area contributed by atoms with Gasteiger partial charge in [-0.15, -0.1) is 0 Å². The van der Waals surface area contributed by atoms with Crippen LogP contribution in [0.15, 0.2) is 0 Å². The zero-order chi connectivity index (χ0) is 7.78. The average molecular weight is 147 g/mol. The molecule has 1 fully saturated rings. The zero-order valence-electron chi connectivity index (χ0n) is 5.51. The molecule has 10 heavy (non-hydrogen) atoms. The minimum absolute atomic E-state index is 0.0394. The van der Waals surface area contributed by atoms with E-state index in [1.807, 2.05) is 0 Å². The molecule has 0 aromatic rings. The van der Waals surface area contributed by atoms with Crippen molar-refractivity contribution in [3.8, 4) is 0 Å². The largest absolute Gasteiger partial charge is 0.479 e. The number of halogens is 1. The Morgan fingerprint density at radius 3 is 2.60 bits per heavy atom. The number of hydrogen-bond acceptors (Lipinski definition) is 2. The molecule has 1 aliphatic carbocycles. The van der Waals surface area contributed by atoms with Gasteiger partial charge in [0.2, 0.25) is 5.67 Å². The monoisotopic (exact) mass is 147 g/mol. The molecule has 0 aliphatic heterocycles. The van der Waals surface area contributed by atoms with Crippen LogP contribution >= 0.6 is 0 Å². The Bertz CT molecular complexity index is 162. The van der Waals surface area contributed by atoms with E-state index in [2.05, 4.69) is 0 Å². The molecule has 0 spiro atoms. The Morgan fingerprint density at radius 2 is 2.40 bits per heavy atom. The highest BCUT2D eigenvalue weighted by Gasteiger charge is 2.44. The molecule has 0 aromatic carbocycles. The second kappa shape index (κ2) is 2.20. The minimum Gasteiger partial charge on any atom is -0.479 e. The Morgan fingerprint density at radius 1 is 1.80 bits per heavy atom. The smallest absolute Gasteiger partial charge is 0.341 e. The molecule has 1 saturated carbocycles. The van der Waals surface area contributed by atoms with Crippen molar-refractivity contribution in [2.75, 3.05) is 0 Å². The van der Waals surface area contributed by atoms with Gasteiger partial charge < -0.3 is 10.8 Å². The zero-order valence-corrected chi connectivity index (χ0v) is 5.51. The summed E-state index contributed by atoms with van der Waals surface area (Å²) >= 11 is 0. The van der Waals surface area contributed by atoms with Crippen LogP contribution in [0.4, 0.5) is 4.39 Å². The SMILES string of the molecule is N[C@@H]1CC[C@](F)(C(=O)O)C1. The number of carboxylic acids is 1. The van der Waals surface area contributed by atoms with E-state index in [0.29, 0.717) is 6.42 Å². The van der Waals surface area contributed by atoms with Crippen LogP contribution in [0.25, 0.3) is 0 Å². The quantitative estimate of drug-likeness (QED) is 0.560. The first kappa shape index (κ1) is 7.47. The van der Waals surface area contributed by atoms with Crippen LogP contribution in [0.5, 0.6) is 0 Å². The van der Waals surface area contributed by atoms with Crippen molar-refractivity contribution in [3.05, 3.63) is 0 Å². The van der Waals surface area contributed by atoms with E-state index < -0.39 is 11.6 Å². The van der Waals surface area contributed by atoms with E-state index in [1.54, 1.807) is 0 Å². The fourth-order valence-electron chi connectivity index (χ4n) is 1.23. The van der Waals surface area contributed by atoms with Crippen LogP contribution in [-0.4, -0.2) is 22.8 Å². The van der Waals surface area contributed by atoms with Crippen molar-refractivity contribution in [1.29, 1.82) is 0 Å². The highest BCUT2D eigenvalue weighted by molar-refractivity contribution is 5.77. The van der Waals surface area contributed by atoms with Crippen LogP contribution in [0, 0.1) is 0 Å². The molecule has 3 N–H and O–H groups in total.